The van der Waals surface area contributed by atoms with Crippen molar-refractivity contribution in [1.82, 2.24) is 19.4 Å². The molecule has 10 nitrogen and oxygen atoms in total. The number of thioether (sulfide) groups is 1. The van der Waals surface area contributed by atoms with Gasteiger partial charge in [0.2, 0.25) is 21.1 Å². The van der Waals surface area contributed by atoms with Crippen LogP contribution in [0.25, 0.3) is 0 Å². The fraction of sp³-hybridized carbons (Fsp3) is 0.500. The van der Waals surface area contributed by atoms with Crippen LogP contribution in [0.15, 0.2) is 14.9 Å². The summed E-state index contributed by atoms with van der Waals surface area (Å²) >= 11 is 2.23. The summed E-state index contributed by atoms with van der Waals surface area (Å²) in [4.78, 5) is 25.9. The molecule has 4 heterocycles. The monoisotopic (exact) mass is 427 g/mol. The van der Waals surface area contributed by atoms with E-state index in [2.05, 4.69) is 10.2 Å². The van der Waals surface area contributed by atoms with E-state index >= 15 is 0 Å². The molecular weight excluding hydrogens is 413 g/mol. The molecule has 0 aliphatic carbocycles. The zero-order chi connectivity index (χ0) is 18.1. The Morgan fingerprint density at radius 2 is 2.12 bits per heavy atom. The number of allylic oxidation sites excluding steroid dienone is 1. The number of β-lactam (4-membered cyclic amide) rings is 1. The predicted molar refractivity (Wildman–Crippen MR) is 96.1 cm³/mol. The Balaban J connectivity index is 0.00000196. The molecule has 0 bridgehead atoms. The fourth-order valence-electron chi connectivity index (χ4n) is 3.64. The van der Waals surface area contributed by atoms with Gasteiger partial charge in [-0.25, -0.2) is 13.2 Å². The van der Waals surface area contributed by atoms with Crippen molar-refractivity contribution in [3.8, 4) is 0 Å². The summed E-state index contributed by atoms with van der Waals surface area (Å²) in [5.41, 5.74) is 5.45. The van der Waals surface area contributed by atoms with Gasteiger partial charge in [0.25, 0.3) is 0 Å². The zero-order valence-electron chi connectivity index (χ0n) is 12.8. The van der Waals surface area contributed by atoms with E-state index in [-0.39, 0.29) is 52.8 Å². The number of anilines is 1. The van der Waals surface area contributed by atoms with Crippen molar-refractivity contribution in [2.24, 2.45) is 5.92 Å². The van der Waals surface area contributed by atoms with E-state index < -0.39 is 34.0 Å². The van der Waals surface area contributed by atoms with Gasteiger partial charge in [-0.2, -0.15) is 4.31 Å². The zero-order valence-corrected chi connectivity index (χ0v) is 15.3. The first-order valence-electron chi connectivity index (χ1n) is 7.21. The van der Waals surface area contributed by atoms with Crippen molar-refractivity contribution < 1.29 is 23.1 Å². The van der Waals surface area contributed by atoms with Gasteiger partial charge in [-0.05, 0) is 6.42 Å². The summed E-state index contributed by atoms with van der Waals surface area (Å²) in [5, 5.41) is 17.4. The molecule has 4 rings (SSSR count). The molecule has 136 valence electrons. The number of amides is 1. The average Bonchev–Trinajstić information content (AvgIpc) is 3.07. The quantitative estimate of drug-likeness (QED) is 0.443. The molecular formula is C12H14N5NaO5S3. The molecule has 3 atom stereocenters. The van der Waals surface area contributed by atoms with Crippen LogP contribution >= 0.6 is 23.1 Å². The molecule has 2 fully saturated rings. The minimum atomic E-state index is -3.54. The molecule has 1 aromatic rings. The van der Waals surface area contributed by atoms with E-state index in [0.717, 1.165) is 29.4 Å². The Bertz CT molecular complexity index is 931. The number of nitrogen functional groups attached to an aromatic ring is 1. The number of rotatable bonds is 4. The number of hydrogen-bond acceptors (Lipinski definition) is 9. The van der Waals surface area contributed by atoms with Gasteiger partial charge in [0.15, 0.2) is 4.34 Å². The Morgan fingerprint density at radius 1 is 1.42 bits per heavy atom. The van der Waals surface area contributed by atoms with Crippen LogP contribution in [0.1, 0.15) is 6.42 Å². The van der Waals surface area contributed by atoms with E-state index in [1.54, 1.807) is 0 Å². The Morgan fingerprint density at radius 3 is 2.65 bits per heavy atom. The maximum atomic E-state index is 12.5. The van der Waals surface area contributed by atoms with E-state index in [9.17, 15) is 23.1 Å². The van der Waals surface area contributed by atoms with Crippen LogP contribution in [0, 0.1) is 5.92 Å². The number of sulfonamides is 1. The minimum absolute atomic E-state index is 0. The van der Waals surface area contributed by atoms with Crippen molar-refractivity contribution in [3.05, 3.63) is 10.6 Å². The molecule has 0 unspecified atom stereocenters. The van der Waals surface area contributed by atoms with Gasteiger partial charge in [0.1, 0.15) is 11.7 Å². The molecule has 0 spiro atoms. The molecule has 0 aromatic carbocycles. The number of carboxylic acid groups (broad SMARTS) is 1. The van der Waals surface area contributed by atoms with Crippen LogP contribution in [0.3, 0.4) is 0 Å². The van der Waals surface area contributed by atoms with Crippen molar-refractivity contribution in [2.45, 2.75) is 22.8 Å². The molecule has 1 aromatic heterocycles. The topological polar surface area (TPSA) is 147 Å². The van der Waals surface area contributed by atoms with Gasteiger partial charge in [-0.1, -0.05) is 23.1 Å². The van der Waals surface area contributed by atoms with Gasteiger partial charge in [0.05, 0.1) is 12.3 Å². The molecule has 3 aliphatic heterocycles. The van der Waals surface area contributed by atoms with Crippen LogP contribution in [0.4, 0.5) is 5.13 Å². The molecule has 1 amide bonds. The summed E-state index contributed by atoms with van der Waals surface area (Å²) in [6, 6.07) is -1.21. The van der Waals surface area contributed by atoms with Crippen molar-refractivity contribution in [2.75, 3.05) is 18.5 Å². The van der Waals surface area contributed by atoms with Crippen LogP contribution in [-0.2, 0) is 19.6 Å². The number of nitrogens with zero attached hydrogens (tertiary/aromatic N) is 4. The summed E-state index contributed by atoms with van der Waals surface area (Å²) in [5.74, 6) is -1.86. The van der Waals surface area contributed by atoms with Crippen molar-refractivity contribution >= 4 is 79.7 Å². The molecule has 26 heavy (non-hydrogen) atoms. The number of hydrogen-bond donors (Lipinski definition) is 2. The third kappa shape index (κ3) is 2.99. The summed E-state index contributed by atoms with van der Waals surface area (Å²) < 4.78 is 25.5. The molecule has 2 saturated heterocycles. The Hall–Kier alpha value is -0.700. The van der Waals surface area contributed by atoms with E-state index in [0.29, 0.717) is 15.7 Å². The molecule has 3 aliphatic rings. The molecule has 14 heteroatoms. The van der Waals surface area contributed by atoms with Crippen LogP contribution in [-0.4, -0.2) is 99.2 Å². The maximum absolute atomic E-state index is 12.5. The van der Waals surface area contributed by atoms with Gasteiger partial charge in [0, 0.05) is 17.4 Å². The first-order chi connectivity index (χ1) is 11.7. The fourth-order valence-corrected chi connectivity index (χ4v) is 6.67. The van der Waals surface area contributed by atoms with Gasteiger partial charge >= 0.3 is 35.5 Å². The number of carbonyl (C=O) groups excluding carboxylic acids is 1. The van der Waals surface area contributed by atoms with Crippen LogP contribution in [0.2, 0.25) is 0 Å². The molecule has 3 N–H and O–H groups in total. The van der Waals surface area contributed by atoms with Gasteiger partial charge in [-0.3, -0.25) is 9.69 Å². The average molecular weight is 427 g/mol. The van der Waals surface area contributed by atoms with E-state index in [1.807, 2.05) is 0 Å². The van der Waals surface area contributed by atoms with E-state index in [1.165, 1.54) is 9.21 Å². The first-order valence-corrected chi connectivity index (χ1v) is 10.7. The third-order valence-corrected chi connectivity index (χ3v) is 7.67. The second kappa shape index (κ2) is 6.72. The second-order valence-corrected chi connectivity index (χ2v) is 10.3. The predicted octanol–water partition coefficient (Wildman–Crippen LogP) is -1.27. The number of carboxylic acids is 1. The normalized spacial score (nSPS) is 27.8. The van der Waals surface area contributed by atoms with Gasteiger partial charge in [-0.15, -0.1) is 10.2 Å². The Kier molecular flexibility index (Phi) is 5.18. The van der Waals surface area contributed by atoms with Crippen LogP contribution < -0.4 is 5.73 Å². The standard InChI is InChI=1S/C12H13N5O5S3.Na.H/c1-25(21,22)16-3-4-2-5(23-12-15-14-11(13)24-12)7(10(19)20)17-6(4)8(16)9(17)18;;/h4,6,8H,2-3H2,1H3,(H2,13,14)(H,19,20);;/t4-,6-,8+;;/m1../s1. The number of carbonyl (C=O) groups is 2. The summed E-state index contributed by atoms with van der Waals surface area (Å²) in [6.07, 6.45) is 1.42. The SMILES string of the molecule is CS(=O)(=O)N1C[C@H]2CC(Sc3nnc(N)s3)=C(C(=O)O)N3C(=O)[C@@H]1[C@@H]23.[NaH]. The van der Waals surface area contributed by atoms with Gasteiger partial charge < -0.3 is 10.8 Å². The number of nitrogens with two attached hydrogens (primary N) is 1. The van der Waals surface area contributed by atoms with Crippen LogP contribution in [0.5, 0.6) is 0 Å². The van der Waals surface area contributed by atoms with E-state index in [4.69, 9.17) is 5.73 Å². The third-order valence-electron chi connectivity index (χ3n) is 4.53. The first kappa shape index (κ1) is 20.0. The number of aliphatic carboxylic acids is 1. The Labute approximate surface area is 179 Å². The molecule has 0 radical (unpaired) electrons. The second-order valence-electron chi connectivity index (χ2n) is 6.03. The molecule has 0 saturated carbocycles. The summed E-state index contributed by atoms with van der Waals surface area (Å²) in [6.45, 7) is 0.200. The van der Waals surface area contributed by atoms with Crippen molar-refractivity contribution in [1.29, 1.82) is 0 Å². The summed E-state index contributed by atoms with van der Waals surface area (Å²) in [7, 11) is -3.54. The number of aromatic nitrogens is 2. The van der Waals surface area contributed by atoms with Crippen molar-refractivity contribution in [3.63, 3.8) is 0 Å².